The molecule has 2 aliphatic rings. The number of aliphatic imine (C=N–C) groups is 1. The summed E-state index contributed by atoms with van der Waals surface area (Å²) in [6.07, 6.45) is 8.37. The number of hydrogen-bond acceptors (Lipinski definition) is 4. The van der Waals surface area contributed by atoms with Crippen molar-refractivity contribution in [2.45, 2.75) is 50.7 Å². The molecule has 2 N–H and O–H groups in total. The van der Waals surface area contributed by atoms with E-state index in [0.29, 0.717) is 12.7 Å². The Hall–Kier alpha value is -2.47. The summed E-state index contributed by atoms with van der Waals surface area (Å²) in [7, 11) is 0. The number of para-hydroxylation sites is 1. The Morgan fingerprint density at radius 1 is 1.07 bits per heavy atom. The first-order valence-electron chi connectivity index (χ1n) is 10.8. The van der Waals surface area contributed by atoms with Crippen LogP contribution in [-0.4, -0.2) is 38.4 Å². The number of guanidine groups is 1. The number of nitrogens with zero attached hydrogens (tertiary/aromatic N) is 1. The third-order valence-corrected chi connectivity index (χ3v) is 5.51. The highest BCUT2D eigenvalue weighted by molar-refractivity contribution is 5.80. The first-order valence-corrected chi connectivity index (χ1v) is 10.8. The van der Waals surface area contributed by atoms with E-state index in [-0.39, 0.29) is 6.04 Å². The van der Waals surface area contributed by atoms with Crippen molar-refractivity contribution in [2.75, 3.05) is 26.3 Å². The molecule has 0 saturated carbocycles. The molecule has 0 spiro atoms. The fourth-order valence-electron chi connectivity index (χ4n) is 3.92. The fraction of sp³-hybridized carbons (Fsp3) is 0.522. The molecule has 2 aliphatic heterocycles. The number of nitrogens with one attached hydrogen (secondary N) is 2. The van der Waals surface area contributed by atoms with Gasteiger partial charge >= 0.3 is 0 Å². The molecule has 156 valence electrons. The van der Waals surface area contributed by atoms with Crippen LogP contribution in [0.25, 0.3) is 0 Å². The van der Waals surface area contributed by atoms with Crippen molar-refractivity contribution in [3.63, 3.8) is 0 Å². The first-order chi connectivity index (χ1) is 14.4. The first kappa shape index (κ1) is 19.8. The summed E-state index contributed by atoms with van der Waals surface area (Å²) in [4.78, 5) is 4.85. The van der Waals surface area contributed by atoms with Gasteiger partial charge in [0.15, 0.2) is 5.96 Å². The van der Waals surface area contributed by atoms with Crippen LogP contribution < -0.4 is 15.4 Å². The largest absolute Gasteiger partial charge is 0.493 e. The van der Waals surface area contributed by atoms with Crippen molar-refractivity contribution in [1.29, 1.82) is 0 Å². The van der Waals surface area contributed by atoms with Crippen LogP contribution in [0.15, 0.2) is 52.1 Å². The maximum atomic E-state index is 5.85. The summed E-state index contributed by atoms with van der Waals surface area (Å²) in [6, 6.07) is 12.4. The number of ether oxygens (including phenoxy) is 2. The summed E-state index contributed by atoms with van der Waals surface area (Å²) in [5, 5.41) is 7.09. The lowest BCUT2D eigenvalue weighted by atomic mass is 10.0. The second-order valence-electron chi connectivity index (χ2n) is 7.64. The van der Waals surface area contributed by atoms with Crippen LogP contribution in [0.3, 0.4) is 0 Å². The quantitative estimate of drug-likeness (QED) is 0.549. The molecule has 29 heavy (non-hydrogen) atoms. The van der Waals surface area contributed by atoms with E-state index in [1.165, 1.54) is 18.4 Å². The van der Waals surface area contributed by atoms with Gasteiger partial charge in [-0.1, -0.05) is 18.2 Å². The van der Waals surface area contributed by atoms with Crippen molar-refractivity contribution < 1.29 is 13.9 Å². The van der Waals surface area contributed by atoms with Crippen LogP contribution in [0.1, 0.15) is 49.5 Å². The topological polar surface area (TPSA) is 68.0 Å². The highest BCUT2D eigenvalue weighted by atomic mass is 16.5. The van der Waals surface area contributed by atoms with Gasteiger partial charge in [0.1, 0.15) is 11.5 Å². The smallest absolute Gasteiger partial charge is 0.191 e. The van der Waals surface area contributed by atoms with Crippen LogP contribution in [0.5, 0.6) is 5.75 Å². The van der Waals surface area contributed by atoms with Crippen molar-refractivity contribution >= 4 is 5.96 Å². The minimum Gasteiger partial charge on any atom is -0.493 e. The number of furan rings is 1. The van der Waals surface area contributed by atoms with E-state index < -0.39 is 0 Å². The molecular formula is C23H31N3O3. The minimum atomic E-state index is 0.195. The summed E-state index contributed by atoms with van der Waals surface area (Å²) in [5.74, 6) is 2.78. The molecule has 0 radical (unpaired) electrons. The molecule has 1 aromatic heterocycles. The molecule has 2 unspecified atom stereocenters. The Labute approximate surface area is 172 Å². The molecule has 3 heterocycles. The molecule has 1 aromatic carbocycles. The number of hydrogen-bond donors (Lipinski definition) is 2. The lowest BCUT2D eigenvalue weighted by Crippen LogP contribution is -2.42. The van der Waals surface area contributed by atoms with E-state index in [4.69, 9.17) is 18.9 Å². The zero-order valence-corrected chi connectivity index (χ0v) is 16.9. The Balaban J connectivity index is 1.37. The van der Waals surface area contributed by atoms with E-state index in [1.54, 1.807) is 6.26 Å². The van der Waals surface area contributed by atoms with Gasteiger partial charge in [0.25, 0.3) is 0 Å². The maximum absolute atomic E-state index is 5.85. The van der Waals surface area contributed by atoms with Crippen LogP contribution >= 0.6 is 0 Å². The highest BCUT2D eigenvalue weighted by Gasteiger charge is 2.22. The molecule has 0 aliphatic carbocycles. The lowest BCUT2D eigenvalue weighted by Gasteiger charge is -2.28. The fourth-order valence-corrected chi connectivity index (χ4v) is 3.92. The zero-order valence-electron chi connectivity index (χ0n) is 16.9. The van der Waals surface area contributed by atoms with Gasteiger partial charge in [-0.05, 0) is 43.9 Å². The van der Waals surface area contributed by atoms with Crippen LogP contribution in [-0.2, 0) is 11.2 Å². The van der Waals surface area contributed by atoms with Gasteiger partial charge in [0.2, 0.25) is 0 Å². The second kappa shape index (κ2) is 10.3. The standard InChI is InChI=1S/C23H31N3O3/c1-2-9-22-20(8-1)21(12-17-29-22)26-23(25-14-11-19-7-5-16-28-19)24-13-10-18-6-3-4-15-27-18/h1-2,5,7-9,16,18,21H,3-4,6,10-15,17H2,(H2,24,25,26). The molecule has 0 bridgehead atoms. The molecule has 2 aromatic rings. The van der Waals surface area contributed by atoms with Crippen molar-refractivity contribution in [2.24, 2.45) is 4.99 Å². The average Bonchev–Trinajstić information content (AvgIpc) is 3.28. The van der Waals surface area contributed by atoms with Gasteiger partial charge in [0.05, 0.1) is 25.0 Å². The molecule has 6 nitrogen and oxygen atoms in total. The molecule has 2 atom stereocenters. The summed E-state index contributed by atoms with van der Waals surface area (Å²) in [6.45, 7) is 3.12. The van der Waals surface area contributed by atoms with Crippen LogP contribution in [0.4, 0.5) is 0 Å². The monoisotopic (exact) mass is 397 g/mol. The molecule has 0 amide bonds. The van der Waals surface area contributed by atoms with Crippen molar-refractivity contribution in [3.05, 3.63) is 54.0 Å². The van der Waals surface area contributed by atoms with Gasteiger partial charge < -0.3 is 24.5 Å². The molecule has 6 heteroatoms. The normalized spacial score (nSPS) is 21.9. The SMILES string of the molecule is c1coc(CCNC(=NCCC2CCCCO2)NC2CCOc3ccccc32)c1. The number of fused-ring (bicyclic) bond motifs is 1. The average molecular weight is 398 g/mol. The number of benzene rings is 1. The summed E-state index contributed by atoms with van der Waals surface area (Å²) in [5.41, 5.74) is 1.19. The highest BCUT2D eigenvalue weighted by Crippen LogP contribution is 2.31. The maximum Gasteiger partial charge on any atom is 0.191 e. The van der Waals surface area contributed by atoms with Gasteiger partial charge in [-0.25, -0.2) is 0 Å². The Bertz CT molecular complexity index is 769. The minimum absolute atomic E-state index is 0.195. The third kappa shape index (κ3) is 5.76. The van der Waals surface area contributed by atoms with E-state index in [9.17, 15) is 0 Å². The lowest BCUT2D eigenvalue weighted by molar-refractivity contribution is 0.0129. The molecule has 1 fully saturated rings. The molecule has 4 rings (SSSR count). The van der Waals surface area contributed by atoms with E-state index in [0.717, 1.165) is 62.8 Å². The molecular weight excluding hydrogens is 366 g/mol. The third-order valence-electron chi connectivity index (χ3n) is 5.51. The zero-order chi connectivity index (χ0) is 19.7. The van der Waals surface area contributed by atoms with Gasteiger partial charge in [-0.15, -0.1) is 0 Å². The Kier molecular flexibility index (Phi) is 7.08. The van der Waals surface area contributed by atoms with Gasteiger partial charge in [-0.2, -0.15) is 0 Å². The summed E-state index contributed by atoms with van der Waals surface area (Å²) < 4.78 is 17.1. The Morgan fingerprint density at radius 2 is 2.03 bits per heavy atom. The predicted molar refractivity (Wildman–Crippen MR) is 113 cm³/mol. The second-order valence-corrected chi connectivity index (χ2v) is 7.64. The van der Waals surface area contributed by atoms with Crippen molar-refractivity contribution in [1.82, 2.24) is 10.6 Å². The number of rotatable bonds is 7. The van der Waals surface area contributed by atoms with Crippen molar-refractivity contribution in [3.8, 4) is 5.75 Å². The van der Waals surface area contributed by atoms with Crippen LogP contribution in [0.2, 0.25) is 0 Å². The Morgan fingerprint density at radius 3 is 2.90 bits per heavy atom. The van der Waals surface area contributed by atoms with E-state index in [2.05, 4.69) is 22.8 Å². The predicted octanol–water partition coefficient (Wildman–Crippen LogP) is 3.84. The summed E-state index contributed by atoms with van der Waals surface area (Å²) >= 11 is 0. The van der Waals surface area contributed by atoms with E-state index in [1.807, 2.05) is 24.3 Å². The molecule has 1 saturated heterocycles. The van der Waals surface area contributed by atoms with E-state index >= 15 is 0 Å². The van der Waals surface area contributed by atoms with Crippen LogP contribution in [0, 0.1) is 0 Å². The van der Waals surface area contributed by atoms with Gasteiger partial charge in [-0.3, -0.25) is 4.99 Å². The van der Waals surface area contributed by atoms with Gasteiger partial charge in [0, 0.05) is 38.1 Å².